The number of fused-ring (bicyclic) bond motifs is 1. The molecule has 190 valence electrons. The van der Waals surface area contributed by atoms with Gasteiger partial charge in [0.2, 0.25) is 0 Å². The van der Waals surface area contributed by atoms with E-state index in [1.165, 1.54) is 4.90 Å². The molecule has 1 saturated heterocycles. The van der Waals surface area contributed by atoms with Gasteiger partial charge < -0.3 is 9.64 Å². The molecule has 1 aliphatic carbocycles. The van der Waals surface area contributed by atoms with Crippen molar-refractivity contribution in [1.29, 1.82) is 0 Å². The van der Waals surface area contributed by atoms with Crippen LogP contribution in [0.1, 0.15) is 96.3 Å². The van der Waals surface area contributed by atoms with Crippen molar-refractivity contribution in [3.8, 4) is 0 Å². The van der Waals surface area contributed by atoms with E-state index in [0.717, 1.165) is 58.0 Å². The van der Waals surface area contributed by atoms with Crippen molar-refractivity contribution in [2.45, 2.75) is 77.3 Å². The van der Waals surface area contributed by atoms with Gasteiger partial charge in [0.15, 0.2) is 0 Å². The quantitative estimate of drug-likeness (QED) is 0.395. The summed E-state index contributed by atoms with van der Waals surface area (Å²) >= 11 is 0. The first-order valence-electron chi connectivity index (χ1n) is 13.2. The second kappa shape index (κ2) is 11.3. The number of nitrogens with zero attached hydrogens (tertiary/aromatic N) is 3. The molecule has 3 amide bonds. The van der Waals surface area contributed by atoms with Gasteiger partial charge >= 0.3 is 5.97 Å². The van der Waals surface area contributed by atoms with Gasteiger partial charge in [0.25, 0.3) is 17.7 Å². The van der Waals surface area contributed by atoms with Crippen LogP contribution in [-0.2, 0) is 9.53 Å². The summed E-state index contributed by atoms with van der Waals surface area (Å²) in [7, 11) is 0. The zero-order valence-electron chi connectivity index (χ0n) is 21.0. The molecule has 1 aromatic rings. The molecule has 1 saturated carbocycles. The Morgan fingerprint density at radius 1 is 1.00 bits per heavy atom. The van der Waals surface area contributed by atoms with Gasteiger partial charge in [-0.2, -0.15) is 0 Å². The average Bonchev–Trinajstić information content (AvgIpc) is 3.43. The number of benzene rings is 1. The van der Waals surface area contributed by atoms with Crippen LogP contribution in [0.4, 0.5) is 0 Å². The average molecular weight is 484 g/mol. The number of carbonyl (C=O) groups excluding carboxylic acids is 4. The molecule has 1 atom stereocenters. The third kappa shape index (κ3) is 5.42. The number of likely N-dealkylation sites (tertiary alicyclic amines) is 1. The van der Waals surface area contributed by atoms with Crippen LogP contribution in [0.3, 0.4) is 0 Å². The Bertz CT molecular complexity index is 972. The molecule has 1 unspecified atom stereocenters. The number of rotatable bonds is 9. The van der Waals surface area contributed by atoms with Crippen LogP contribution < -0.4 is 0 Å². The molecule has 3 aliphatic rings. The normalized spacial score (nSPS) is 20.9. The molecule has 8 nitrogen and oxygen atoms in total. The van der Waals surface area contributed by atoms with E-state index in [-0.39, 0.29) is 48.7 Å². The van der Waals surface area contributed by atoms with Gasteiger partial charge in [0.05, 0.1) is 24.2 Å². The van der Waals surface area contributed by atoms with Gasteiger partial charge in [-0.15, -0.1) is 0 Å². The zero-order valence-corrected chi connectivity index (χ0v) is 21.0. The minimum Gasteiger partial charge on any atom is -0.466 e. The lowest BCUT2D eigenvalue weighted by Gasteiger charge is -2.30. The molecule has 1 aromatic carbocycles. The second-order valence-electron chi connectivity index (χ2n) is 9.76. The molecule has 0 bridgehead atoms. The third-order valence-electron chi connectivity index (χ3n) is 7.62. The van der Waals surface area contributed by atoms with E-state index in [1.54, 1.807) is 30.0 Å². The largest absolute Gasteiger partial charge is 0.466 e. The Hall–Kier alpha value is -2.74. The van der Waals surface area contributed by atoms with Crippen molar-refractivity contribution >= 4 is 23.7 Å². The SMILES string of the molecule is CCOC(=O)CCN(CC1CCCN1CC)C(=O)c1ccc2c(c1)C(=O)N(C1CCCCC1)C2=O. The summed E-state index contributed by atoms with van der Waals surface area (Å²) in [4.78, 5) is 57.3. The first kappa shape index (κ1) is 25.4. The van der Waals surface area contributed by atoms with Gasteiger partial charge in [-0.3, -0.25) is 29.0 Å². The lowest BCUT2D eigenvalue weighted by molar-refractivity contribution is -0.143. The van der Waals surface area contributed by atoms with Gasteiger partial charge in [0.1, 0.15) is 0 Å². The predicted octanol–water partition coefficient (Wildman–Crippen LogP) is 3.50. The van der Waals surface area contributed by atoms with E-state index in [0.29, 0.717) is 29.8 Å². The standard InChI is InChI=1S/C27H37N3O5/c1-3-28-15-8-11-21(28)18-29(16-14-24(31)35-4-2)25(32)19-12-13-22-23(17-19)27(34)30(26(22)33)20-9-6-5-7-10-20/h12-13,17,20-21H,3-11,14-16,18H2,1-2H3. The van der Waals surface area contributed by atoms with Crippen LogP contribution in [0.2, 0.25) is 0 Å². The van der Waals surface area contributed by atoms with E-state index in [2.05, 4.69) is 11.8 Å². The Labute approximate surface area is 207 Å². The summed E-state index contributed by atoms with van der Waals surface area (Å²) in [5, 5.41) is 0. The summed E-state index contributed by atoms with van der Waals surface area (Å²) < 4.78 is 5.07. The molecule has 2 heterocycles. The minimum atomic E-state index is -0.332. The van der Waals surface area contributed by atoms with Gasteiger partial charge in [-0.05, 0) is 63.9 Å². The van der Waals surface area contributed by atoms with E-state index >= 15 is 0 Å². The lowest BCUT2D eigenvalue weighted by Crippen LogP contribution is -2.44. The van der Waals surface area contributed by atoms with E-state index in [9.17, 15) is 19.2 Å². The van der Waals surface area contributed by atoms with Crippen LogP contribution >= 0.6 is 0 Å². The molecule has 2 fully saturated rings. The number of amides is 3. The molecule has 0 aromatic heterocycles. The fraction of sp³-hybridized carbons (Fsp3) is 0.630. The number of hydrogen-bond donors (Lipinski definition) is 0. The first-order valence-corrected chi connectivity index (χ1v) is 13.2. The number of likely N-dealkylation sites (N-methyl/N-ethyl adjacent to an activating group) is 1. The fourth-order valence-electron chi connectivity index (χ4n) is 5.75. The second-order valence-corrected chi connectivity index (χ2v) is 9.76. The van der Waals surface area contributed by atoms with Crippen molar-refractivity contribution in [3.05, 3.63) is 34.9 Å². The van der Waals surface area contributed by atoms with Crippen LogP contribution in [0.15, 0.2) is 18.2 Å². The number of esters is 1. The molecule has 0 N–H and O–H groups in total. The van der Waals surface area contributed by atoms with Crippen LogP contribution in [0.5, 0.6) is 0 Å². The van der Waals surface area contributed by atoms with E-state index in [4.69, 9.17) is 4.74 Å². The zero-order chi connectivity index (χ0) is 24.9. The number of ether oxygens (including phenoxy) is 1. The summed E-state index contributed by atoms with van der Waals surface area (Å²) in [6, 6.07) is 5.01. The number of imide groups is 1. The Balaban J connectivity index is 1.54. The maximum atomic E-state index is 13.6. The van der Waals surface area contributed by atoms with Crippen molar-refractivity contribution in [2.75, 3.05) is 32.8 Å². The first-order chi connectivity index (χ1) is 16.9. The van der Waals surface area contributed by atoms with E-state index < -0.39 is 0 Å². The summed E-state index contributed by atoms with van der Waals surface area (Å²) in [5.74, 6) is -1.10. The highest BCUT2D eigenvalue weighted by molar-refractivity contribution is 6.22. The highest BCUT2D eigenvalue weighted by atomic mass is 16.5. The molecular weight excluding hydrogens is 446 g/mol. The molecule has 2 aliphatic heterocycles. The fourth-order valence-corrected chi connectivity index (χ4v) is 5.75. The van der Waals surface area contributed by atoms with Gasteiger partial charge in [0, 0.05) is 30.7 Å². The smallest absolute Gasteiger partial charge is 0.307 e. The molecule has 4 rings (SSSR count). The summed E-state index contributed by atoms with van der Waals surface area (Å²) in [6.45, 7) is 6.87. The molecular formula is C27H37N3O5. The number of hydrogen-bond acceptors (Lipinski definition) is 6. The monoisotopic (exact) mass is 483 g/mol. The van der Waals surface area contributed by atoms with Crippen molar-refractivity contribution in [1.82, 2.24) is 14.7 Å². The van der Waals surface area contributed by atoms with Crippen molar-refractivity contribution < 1.29 is 23.9 Å². The Morgan fingerprint density at radius 3 is 2.46 bits per heavy atom. The van der Waals surface area contributed by atoms with Crippen LogP contribution in [0, 0.1) is 0 Å². The topological polar surface area (TPSA) is 87.2 Å². The van der Waals surface area contributed by atoms with Crippen molar-refractivity contribution in [2.24, 2.45) is 0 Å². The maximum absolute atomic E-state index is 13.6. The summed E-state index contributed by atoms with van der Waals surface area (Å²) in [5.41, 5.74) is 1.07. The van der Waals surface area contributed by atoms with Crippen molar-refractivity contribution in [3.63, 3.8) is 0 Å². The molecule has 35 heavy (non-hydrogen) atoms. The third-order valence-corrected chi connectivity index (χ3v) is 7.62. The number of carbonyl (C=O) groups is 4. The summed E-state index contributed by atoms with van der Waals surface area (Å²) in [6.07, 6.45) is 7.07. The maximum Gasteiger partial charge on any atom is 0.307 e. The van der Waals surface area contributed by atoms with Crippen LogP contribution in [-0.4, -0.2) is 83.3 Å². The Morgan fingerprint density at radius 2 is 1.74 bits per heavy atom. The van der Waals surface area contributed by atoms with Crippen LogP contribution in [0.25, 0.3) is 0 Å². The lowest BCUT2D eigenvalue weighted by atomic mass is 9.94. The molecule has 0 spiro atoms. The molecule has 0 radical (unpaired) electrons. The molecule has 8 heteroatoms. The predicted molar refractivity (Wildman–Crippen MR) is 131 cm³/mol. The highest BCUT2D eigenvalue weighted by Crippen LogP contribution is 2.32. The Kier molecular flexibility index (Phi) is 8.21. The van der Waals surface area contributed by atoms with Gasteiger partial charge in [-0.25, -0.2) is 0 Å². The highest BCUT2D eigenvalue weighted by Gasteiger charge is 2.40. The minimum absolute atomic E-state index is 0.0567. The van der Waals surface area contributed by atoms with Gasteiger partial charge in [-0.1, -0.05) is 26.2 Å². The van der Waals surface area contributed by atoms with E-state index in [1.807, 2.05) is 0 Å².